The number of rotatable bonds is 4. The van der Waals surface area contributed by atoms with Gasteiger partial charge in [0.15, 0.2) is 11.5 Å². The van der Waals surface area contributed by atoms with E-state index in [-0.39, 0.29) is 22.0 Å². The molecule has 0 aliphatic rings. The van der Waals surface area contributed by atoms with Gasteiger partial charge in [0.2, 0.25) is 5.95 Å². The van der Waals surface area contributed by atoms with Crippen molar-refractivity contribution in [3.63, 3.8) is 0 Å². The van der Waals surface area contributed by atoms with Crippen LogP contribution in [-0.2, 0) is 6.18 Å². The number of hydrogen-bond acceptors (Lipinski definition) is 6. The lowest BCUT2D eigenvalue weighted by Crippen LogP contribution is -2.04. The number of nitrogens with one attached hydrogen (secondary N) is 2. The summed E-state index contributed by atoms with van der Waals surface area (Å²) in [7, 11) is 0. The van der Waals surface area contributed by atoms with Crippen LogP contribution in [0.2, 0.25) is 5.02 Å². The summed E-state index contributed by atoms with van der Waals surface area (Å²) < 4.78 is 53.7. The van der Waals surface area contributed by atoms with Gasteiger partial charge in [-0.2, -0.15) is 21.9 Å². The molecule has 0 aliphatic heterocycles. The fraction of sp³-hybridized carbons (Fsp3) is 0.0500. The topological polar surface area (TPSA) is 75.7 Å². The molecule has 2 heterocycles. The third-order valence-corrected chi connectivity index (χ3v) is 5.31. The van der Waals surface area contributed by atoms with Crippen LogP contribution in [0.5, 0.6) is 11.5 Å². The predicted octanol–water partition coefficient (Wildman–Crippen LogP) is 6.78. The van der Waals surface area contributed by atoms with Crippen molar-refractivity contribution in [2.45, 2.75) is 6.18 Å². The van der Waals surface area contributed by atoms with Gasteiger partial charge in [0.25, 0.3) is 0 Å². The number of halogens is 4. The molecule has 11 heteroatoms. The number of aromatic amines is 1. The monoisotopic (exact) mass is 461 g/mol. The Hall–Kier alpha value is -3.37. The van der Waals surface area contributed by atoms with E-state index in [1.54, 1.807) is 30.3 Å². The number of aromatic nitrogens is 4. The summed E-state index contributed by atoms with van der Waals surface area (Å²) in [6.07, 6.45) is -4.51. The average molecular weight is 462 g/mol. The number of imidazole rings is 1. The van der Waals surface area contributed by atoms with Gasteiger partial charge >= 0.3 is 6.18 Å². The predicted molar refractivity (Wildman–Crippen MR) is 113 cm³/mol. The van der Waals surface area contributed by atoms with Crippen LogP contribution in [0.25, 0.3) is 22.1 Å². The molecule has 0 aliphatic carbocycles. The molecule has 6 nitrogen and oxygen atoms in total. The zero-order chi connectivity index (χ0) is 21.6. The van der Waals surface area contributed by atoms with E-state index in [4.69, 9.17) is 16.3 Å². The molecule has 2 aromatic heterocycles. The minimum Gasteiger partial charge on any atom is -0.453 e. The van der Waals surface area contributed by atoms with Crippen molar-refractivity contribution in [2.75, 3.05) is 5.32 Å². The Morgan fingerprint density at radius 3 is 2.61 bits per heavy atom. The lowest BCUT2D eigenvalue weighted by atomic mass is 10.2. The lowest BCUT2D eigenvalue weighted by molar-refractivity contribution is -0.137. The molecule has 3 aromatic carbocycles. The molecule has 0 bridgehead atoms. The van der Waals surface area contributed by atoms with Gasteiger partial charge in [-0.25, -0.2) is 4.98 Å². The van der Waals surface area contributed by atoms with Crippen LogP contribution >= 0.6 is 23.3 Å². The summed E-state index contributed by atoms with van der Waals surface area (Å²) in [4.78, 5) is 7.11. The molecule has 0 spiro atoms. The minimum absolute atomic E-state index is 0.0960. The molecule has 0 amide bonds. The van der Waals surface area contributed by atoms with Gasteiger partial charge in [0.1, 0.15) is 16.6 Å². The molecule has 0 unspecified atom stereocenters. The number of hydrogen-bond donors (Lipinski definition) is 2. The number of H-pyrrole nitrogens is 1. The van der Waals surface area contributed by atoms with Gasteiger partial charge in [-0.1, -0.05) is 29.8 Å². The van der Waals surface area contributed by atoms with E-state index in [2.05, 4.69) is 24.0 Å². The zero-order valence-corrected chi connectivity index (χ0v) is 16.9. The van der Waals surface area contributed by atoms with Gasteiger partial charge in [0.05, 0.1) is 33.5 Å². The van der Waals surface area contributed by atoms with Crippen LogP contribution in [0.1, 0.15) is 5.56 Å². The first-order valence-electron chi connectivity index (χ1n) is 8.90. The highest BCUT2D eigenvalue weighted by molar-refractivity contribution is 7.00. The Balaban J connectivity index is 1.49. The Morgan fingerprint density at radius 1 is 0.968 bits per heavy atom. The zero-order valence-electron chi connectivity index (χ0n) is 15.4. The van der Waals surface area contributed by atoms with Crippen molar-refractivity contribution in [1.29, 1.82) is 0 Å². The van der Waals surface area contributed by atoms with Crippen LogP contribution in [0, 0.1) is 0 Å². The second kappa shape index (κ2) is 7.40. The quantitative estimate of drug-likeness (QED) is 0.308. The van der Waals surface area contributed by atoms with Crippen molar-refractivity contribution in [2.24, 2.45) is 0 Å². The van der Waals surface area contributed by atoms with Crippen LogP contribution in [0.4, 0.5) is 24.8 Å². The van der Waals surface area contributed by atoms with Gasteiger partial charge in [-0.3, -0.25) is 0 Å². The Kier molecular flexibility index (Phi) is 4.67. The second-order valence-electron chi connectivity index (χ2n) is 6.55. The van der Waals surface area contributed by atoms with E-state index >= 15 is 0 Å². The molecular weight excluding hydrogens is 451 g/mol. The van der Waals surface area contributed by atoms with Gasteiger partial charge in [-0.05, 0) is 36.4 Å². The molecule has 5 rings (SSSR count). The summed E-state index contributed by atoms with van der Waals surface area (Å²) >= 11 is 7.11. The molecule has 156 valence electrons. The minimum atomic E-state index is -4.51. The van der Waals surface area contributed by atoms with Gasteiger partial charge in [0, 0.05) is 0 Å². The van der Waals surface area contributed by atoms with E-state index in [0.29, 0.717) is 22.7 Å². The molecule has 0 saturated carbocycles. The summed E-state index contributed by atoms with van der Waals surface area (Å²) in [5.74, 6) is 1.23. The maximum absolute atomic E-state index is 13.1. The summed E-state index contributed by atoms with van der Waals surface area (Å²) in [6, 6.07) is 14.3. The largest absolute Gasteiger partial charge is 0.453 e. The molecule has 5 aromatic rings. The molecule has 0 atom stereocenters. The van der Waals surface area contributed by atoms with Crippen molar-refractivity contribution in [1.82, 2.24) is 18.7 Å². The third kappa shape index (κ3) is 3.75. The number of para-hydroxylation sites is 2. The number of anilines is 2. The summed E-state index contributed by atoms with van der Waals surface area (Å²) in [6.45, 7) is 0. The number of alkyl halides is 3. The first kappa shape index (κ1) is 19.6. The van der Waals surface area contributed by atoms with Crippen LogP contribution in [0.3, 0.4) is 0 Å². The van der Waals surface area contributed by atoms with Crippen molar-refractivity contribution in [3.05, 3.63) is 65.2 Å². The maximum Gasteiger partial charge on any atom is 0.416 e. The SMILES string of the molecule is FC(F)(F)c1cc(Cl)c2nc(Nc3ccccc3Oc3cccc4nsnc34)[nH]c2c1. The Morgan fingerprint density at radius 2 is 1.77 bits per heavy atom. The van der Waals surface area contributed by atoms with E-state index < -0.39 is 11.7 Å². The number of nitrogens with zero attached hydrogens (tertiary/aromatic N) is 3. The second-order valence-corrected chi connectivity index (χ2v) is 7.48. The highest BCUT2D eigenvalue weighted by Crippen LogP contribution is 2.37. The standard InChI is InChI=1S/C20H11ClF3N5OS/c21-11-8-10(20(22,23)24)9-14-17(11)27-19(26-14)25-12-4-1-2-6-15(12)30-16-7-3-5-13-18(16)29-31-28-13/h1-9H,(H2,25,26,27). The smallest absolute Gasteiger partial charge is 0.416 e. The molecule has 0 fully saturated rings. The van der Waals surface area contributed by atoms with Crippen molar-refractivity contribution in [3.8, 4) is 11.5 Å². The van der Waals surface area contributed by atoms with E-state index in [1.165, 1.54) is 0 Å². The normalized spacial score (nSPS) is 11.9. The fourth-order valence-electron chi connectivity index (χ4n) is 3.07. The van der Waals surface area contributed by atoms with Gasteiger partial charge in [-0.15, -0.1) is 0 Å². The molecule has 0 radical (unpaired) electrons. The first-order valence-corrected chi connectivity index (χ1v) is 10.0. The Bertz CT molecular complexity index is 1420. The number of ether oxygens (including phenoxy) is 1. The lowest BCUT2D eigenvalue weighted by Gasteiger charge is -2.11. The maximum atomic E-state index is 13.1. The Labute approximate surface area is 182 Å². The van der Waals surface area contributed by atoms with Crippen LogP contribution in [0.15, 0.2) is 54.6 Å². The van der Waals surface area contributed by atoms with Gasteiger partial charge < -0.3 is 15.0 Å². The van der Waals surface area contributed by atoms with E-state index in [9.17, 15) is 13.2 Å². The molecule has 2 N–H and O–H groups in total. The fourth-order valence-corrected chi connectivity index (χ4v) is 3.87. The van der Waals surface area contributed by atoms with E-state index in [0.717, 1.165) is 29.4 Å². The first-order chi connectivity index (χ1) is 14.9. The summed E-state index contributed by atoms with van der Waals surface area (Å²) in [5.41, 5.74) is 1.45. The molecular formula is C20H11ClF3N5OS. The molecule has 31 heavy (non-hydrogen) atoms. The van der Waals surface area contributed by atoms with Crippen LogP contribution < -0.4 is 10.1 Å². The van der Waals surface area contributed by atoms with Crippen molar-refractivity contribution >= 4 is 57.0 Å². The highest BCUT2D eigenvalue weighted by Gasteiger charge is 2.31. The average Bonchev–Trinajstić information content (AvgIpc) is 3.36. The summed E-state index contributed by atoms with van der Waals surface area (Å²) in [5, 5.41) is 2.95. The van der Waals surface area contributed by atoms with Crippen LogP contribution in [-0.4, -0.2) is 18.7 Å². The van der Waals surface area contributed by atoms with E-state index in [1.807, 2.05) is 12.1 Å². The highest BCUT2D eigenvalue weighted by atomic mass is 35.5. The molecule has 0 saturated heterocycles. The third-order valence-electron chi connectivity index (χ3n) is 4.48. The van der Waals surface area contributed by atoms with Crippen molar-refractivity contribution < 1.29 is 17.9 Å². The number of benzene rings is 3. The number of fused-ring (bicyclic) bond motifs is 2.